The lowest BCUT2D eigenvalue weighted by Gasteiger charge is -2.10. The van der Waals surface area contributed by atoms with E-state index < -0.39 is 24.1 Å². The predicted octanol–water partition coefficient (Wildman–Crippen LogP) is 0.822. The van der Waals surface area contributed by atoms with Crippen molar-refractivity contribution < 1.29 is 42.9 Å². The fourth-order valence-electron chi connectivity index (χ4n) is 3.36. The first-order chi connectivity index (χ1) is 16.2. The highest BCUT2D eigenvalue weighted by Crippen LogP contribution is 2.22. The van der Waals surface area contributed by atoms with Gasteiger partial charge in [0.1, 0.15) is 13.2 Å². The predicted molar refractivity (Wildman–Crippen MR) is 113 cm³/mol. The second-order valence-electron chi connectivity index (χ2n) is 7.43. The highest BCUT2D eigenvalue weighted by atomic mass is 16.7. The standard InChI is InChI=1S/C22H26N2O9/c25-21-19-13-17(23-32-19)15-2-1-3-16(12-15)18-14-20(33-24-18)22(26)31-11-9-29-7-5-27-4-6-28-8-10-30-21/h1-3,12,19-20H,4-11,13-14H2/t19-,20-/m1/s1. The van der Waals surface area contributed by atoms with E-state index in [1.165, 1.54) is 0 Å². The van der Waals surface area contributed by atoms with E-state index in [0.717, 1.165) is 11.1 Å². The number of fused-ring (bicyclic) bond motifs is 8. The van der Waals surface area contributed by atoms with E-state index in [2.05, 4.69) is 10.3 Å². The number of rotatable bonds is 0. The minimum Gasteiger partial charge on any atom is -0.460 e. The van der Waals surface area contributed by atoms with Crippen LogP contribution in [-0.2, 0) is 42.9 Å². The molecule has 11 heteroatoms. The number of hydrogen-bond acceptors (Lipinski definition) is 11. The lowest BCUT2D eigenvalue weighted by Crippen LogP contribution is -2.25. The first-order valence-corrected chi connectivity index (χ1v) is 10.8. The van der Waals surface area contributed by atoms with Crippen molar-refractivity contribution in [2.24, 2.45) is 10.3 Å². The number of ether oxygens (including phenoxy) is 5. The van der Waals surface area contributed by atoms with Gasteiger partial charge in [0.15, 0.2) is 0 Å². The molecule has 0 saturated heterocycles. The Labute approximate surface area is 190 Å². The molecule has 3 aliphatic heterocycles. The first-order valence-electron chi connectivity index (χ1n) is 10.8. The van der Waals surface area contributed by atoms with Gasteiger partial charge in [0, 0.05) is 24.0 Å². The maximum absolute atomic E-state index is 12.2. The van der Waals surface area contributed by atoms with Crippen LogP contribution in [0.4, 0.5) is 0 Å². The summed E-state index contributed by atoms with van der Waals surface area (Å²) in [6.07, 6.45) is -1.03. The van der Waals surface area contributed by atoms with Crippen molar-refractivity contribution >= 4 is 23.4 Å². The molecular formula is C22H26N2O9. The fraction of sp³-hybridized carbons (Fsp3) is 0.545. The molecule has 0 aliphatic carbocycles. The van der Waals surface area contributed by atoms with Gasteiger partial charge >= 0.3 is 11.9 Å². The van der Waals surface area contributed by atoms with E-state index in [-0.39, 0.29) is 39.3 Å². The Morgan fingerprint density at radius 2 is 1.06 bits per heavy atom. The second kappa shape index (κ2) is 11.7. The normalized spacial score (nSPS) is 25.5. The van der Waals surface area contributed by atoms with E-state index in [1.54, 1.807) is 0 Å². The summed E-state index contributed by atoms with van der Waals surface area (Å²) in [6.45, 7) is 2.24. The average Bonchev–Trinajstić information content (AvgIpc) is 3.52. The van der Waals surface area contributed by atoms with Gasteiger partial charge in [-0.15, -0.1) is 0 Å². The van der Waals surface area contributed by atoms with Crippen LogP contribution in [0.25, 0.3) is 0 Å². The maximum Gasteiger partial charge on any atom is 0.350 e. The SMILES string of the molecule is O=C1OCCOCCOCCOCCOC(=O)[C@H]2CC(=NO2)c2cccc(c2)C2=NO[C@@H]1C2. The number of oxime groups is 2. The molecule has 0 saturated carbocycles. The number of cyclic esters (lactones) is 2. The summed E-state index contributed by atoms with van der Waals surface area (Å²) in [6, 6.07) is 7.44. The van der Waals surface area contributed by atoms with E-state index >= 15 is 0 Å². The molecule has 33 heavy (non-hydrogen) atoms. The zero-order valence-corrected chi connectivity index (χ0v) is 18.1. The van der Waals surface area contributed by atoms with Gasteiger partial charge in [-0.25, -0.2) is 9.59 Å². The van der Waals surface area contributed by atoms with Crippen LogP contribution in [0, 0.1) is 0 Å². The summed E-state index contributed by atoms with van der Waals surface area (Å²) in [5.74, 6) is -0.988. The van der Waals surface area contributed by atoms with Crippen molar-refractivity contribution in [2.75, 3.05) is 52.9 Å². The third-order valence-corrected chi connectivity index (χ3v) is 5.08. The molecule has 0 unspecified atom stereocenters. The molecule has 1 aromatic rings. The van der Waals surface area contributed by atoms with E-state index in [4.69, 9.17) is 33.4 Å². The minimum absolute atomic E-state index is 0.117. The molecule has 0 radical (unpaired) electrons. The lowest BCUT2D eigenvalue weighted by molar-refractivity contribution is -0.157. The zero-order valence-electron chi connectivity index (χ0n) is 18.1. The van der Waals surface area contributed by atoms with Crippen LogP contribution >= 0.6 is 0 Å². The summed E-state index contributed by atoms with van der Waals surface area (Å²) in [4.78, 5) is 35.0. The molecule has 3 heterocycles. The highest BCUT2D eigenvalue weighted by molar-refractivity contribution is 6.08. The van der Waals surface area contributed by atoms with Crippen LogP contribution in [0.2, 0.25) is 0 Å². The molecule has 1 aromatic carbocycles. The summed E-state index contributed by atoms with van der Waals surface area (Å²) >= 11 is 0. The van der Waals surface area contributed by atoms with Gasteiger partial charge in [-0.2, -0.15) is 0 Å². The van der Waals surface area contributed by atoms with E-state index in [1.807, 2.05) is 24.3 Å². The first kappa shape index (κ1) is 23.1. The van der Waals surface area contributed by atoms with Gasteiger partial charge in [-0.05, 0) is 6.07 Å². The molecule has 0 fully saturated rings. The van der Waals surface area contributed by atoms with Gasteiger partial charge in [0.05, 0.1) is 51.1 Å². The smallest absolute Gasteiger partial charge is 0.350 e. The fourth-order valence-corrected chi connectivity index (χ4v) is 3.36. The maximum atomic E-state index is 12.2. The van der Waals surface area contributed by atoms with Crippen molar-refractivity contribution in [1.29, 1.82) is 0 Å². The Kier molecular flexibility index (Phi) is 8.23. The van der Waals surface area contributed by atoms with Gasteiger partial charge < -0.3 is 33.4 Å². The Morgan fingerprint density at radius 1 is 0.636 bits per heavy atom. The molecule has 0 spiro atoms. The number of hydrogen-bond donors (Lipinski definition) is 0. The van der Waals surface area contributed by atoms with Crippen LogP contribution < -0.4 is 0 Å². The van der Waals surface area contributed by atoms with Crippen LogP contribution in [0.5, 0.6) is 0 Å². The Morgan fingerprint density at radius 3 is 1.52 bits per heavy atom. The quantitative estimate of drug-likeness (QED) is 0.516. The average molecular weight is 462 g/mol. The summed E-state index contributed by atoms with van der Waals surface area (Å²) in [5.41, 5.74) is 2.81. The van der Waals surface area contributed by atoms with Crippen molar-refractivity contribution in [3.05, 3.63) is 35.4 Å². The molecule has 3 aliphatic rings. The lowest BCUT2D eigenvalue weighted by atomic mass is 9.99. The molecule has 11 nitrogen and oxygen atoms in total. The molecule has 0 N–H and O–H groups in total. The largest absolute Gasteiger partial charge is 0.460 e. The van der Waals surface area contributed by atoms with Crippen molar-refractivity contribution in [1.82, 2.24) is 0 Å². The molecule has 0 amide bonds. The van der Waals surface area contributed by atoms with Gasteiger partial charge in [-0.1, -0.05) is 28.5 Å². The van der Waals surface area contributed by atoms with Crippen LogP contribution in [0.15, 0.2) is 34.6 Å². The minimum atomic E-state index is -0.802. The topological polar surface area (TPSA) is 123 Å². The molecular weight excluding hydrogens is 436 g/mol. The number of carbonyl (C=O) groups excluding carboxylic acids is 2. The summed E-state index contributed by atoms with van der Waals surface area (Å²) in [7, 11) is 0. The third kappa shape index (κ3) is 6.50. The number of esters is 2. The van der Waals surface area contributed by atoms with Gasteiger partial charge in [0.2, 0.25) is 12.2 Å². The molecule has 0 aromatic heterocycles. The monoisotopic (exact) mass is 462 g/mol. The Hall–Kier alpha value is -3.02. The van der Waals surface area contributed by atoms with Crippen LogP contribution in [0.3, 0.4) is 0 Å². The van der Waals surface area contributed by atoms with Crippen molar-refractivity contribution in [3.8, 4) is 0 Å². The van der Waals surface area contributed by atoms with E-state index in [0.29, 0.717) is 37.9 Å². The zero-order chi connectivity index (χ0) is 22.9. The number of benzene rings is 1. The number of carbonyl (C=O) groups is 2. The van der Waals surface area contributed by atoms with Crippen LogP contribution in [-0.4, -0.2) is 88.4 Å². The van der Waals surface area contributed by atoms with Crippen molar-refractivity contribution in [3.63, 3.8) is 0 Å². The molecule has 4 rings (SSSR count). The second-order valence-corrected chi connectivity index (χ2v) is 7.43. The van der Waals surface area contributed by atoms with Crippen molar-refractivity contribution in [2.45, 2.75) is 25.0 Å². The number of nitrogens with zero attached hydrogens (tertiary/aromatic N) is 2. The third-order valence-electron chi connectivity index (χ3n) is 5.08. The Balaban J connectivity index is 1.38. The Bertz CT molecular complexity index is 834. The van der Waals surface area contributed by atoms with E-state index in [9.17, 15) is 9.59 Å². The van der Waals surface area contributed by atoms with Crippen LogP contribution in [0.1, 0.15) is 24.0 Å². The highest BCUT2D eigenvalue weighted by Gasteiger charge is 2.32. The summed E-state index contributed by atoms with van der Waals surface area (Å²) < 4.78 is 26.6. The van der Waals surface area contributed by atoms with Gasteiger partial charge in [0.25, 0.3) is 0 Å². The molecule has 178 valence electrons. The summed E-state index contributed by atoms with van der Waals surface area (Å²) in [5, 5.41) is 8.10. The molecule has 2 atom stereocenters. The molecule has 6 bridgehead atoms. The van der Waals surface area contributed by atoms with Gasteiger partial charge in [-0.3, -0.25) is 0 Å².